The van der Waals surface area contributed by atoms with Gasteiger partial charge in [0.25, 0.3) is 0 Å². The summed E-state index contributed by atoms with van der Waals surface area (Å²) in [5.74, 6) is 0.902. The van der Waals surface area contributed by atoms with Crippen LogP contribution in [-0.4, -0.2) is 21.1 Å². The summed E-state index contributed by atoms with van der Waals surface area (Å²) in [6.07, 6.45) is 0. The van der Waals surface area contributed by atoms with Gasteiger partial charge in [-0.15, -0.1) is 0 Å². The number of fused-ring (bicyclic) bond motifs is 8. The lowest BCUT2D eigenvalue weighted by atomic mass is 10.0. The summed E-state index contributed by atoms with van der Waals surface area (Å²) < 4.78 is 6.70. The fourth-order valence-corrected chi connectivity index (χ4v) is 23.1. The molecular formula is C69H47N3OSi2. The van der Waals surface area contributed by atoms with E-state index in [1.165, 1.54) is 52.9 Å². The molecule has 0 atom stereocenters. The molecule has 2 aliphatic rings. The molecule has 0 saturated carbocycles. The third-order valence-corrected chi connectivity index (χ3v) is 25.7. The van der Waals surface area contributed by atoms with Gasteiger partial charge in [0, 0.05) is 50.2 Å². The summed E-state index contributed by atoms with van der Waals surface area (Å²) >= 11 is 0. The monoisotopic (exact) mass is 989 g/mol. The predicted molar refractivity (Wildman–Crippen MR) is 318 cm³/mol. The first-order chi connectivity index (χ1) is 37.2. The number of nitrogens with zero attached hydrogens (tertiary/aromatic N) is 3. The molecule has 2 aliphatic heterocycles. The molecule has 0 fully saturated rings. The molecule has 0 aliphatic carbocycles. The summed E-state index contributed by atoms with van der Waals surface area (Å²) in [5.41, 5.74) is 9.40. The summed E-state index contributed by atoms with van der Waals surface area (Å²) in [7, 11) is -5.59. The van der Waals surface area contributed by atoms with Crippen molar-refractivity contribution >= 4 is 125 Å². The van der Waals surface area contributed by atoms with E-state index < -0.39 is 16.1 Å². The van der Waals surface area contributed by atoms with E-state index in [9.17, 15) is 0 Å². The maximum Gasteiger partial charge on any atom is 0.184 e. The first-order valence-corrected chi connectivity index (χ1v) is 29.8. The zero-order valence-electron chi connectivity index (χ0n) is 40.9. The van der Waals surface area contributed by atoms with Crippen LogP contribution in [0.1, 0.15) is 0 Å². The Morgan fingerprint density at radius 2 is 0.693 bits per heavy atom. The van der Waals surface area contributed by atoms with Crippen LogP contribution in [0.3, 0.4) is 0 Å². The highest BCUT2D eigenvalue weighted by atomic mass is 28.3. The van der Waals surface area contributed by atoms with Crippen LogP contribution >= 0.6 is 0 Å². The molecule has 4 heterocycles. The van der Waals surface area contributed by atoms with Crippen LogP contribution in [0.25, 0.3) is 44.0 Å². The van der Waals surface area contributed by atoms with Crippen molar-refractivity contribution in [1.29, 1.82) is 0 Å². The quantitative estimate of drug-likeness (QED) is 0.149. The van der Waals surface area contributed by atoms with Crippen LogP contribution in [0, 0.1) is 0 Å². The fourth-order valence-electron chi connectivity index (χ4n) is 12.9. The second-order valence-electron chi connectivity index (χ2n) is 19.7. The Labute approximate surface area is 437 Å². The molecule has 0 saturated heterocycles. The molecule has 11 aromatic carbocycles. The molecular weight excluding hydrogens is 943 g/mol. The van der Waals surface area contributed by atoms with Gasteiger partial charge in [-0.1, -0.05) is 218 Å². The molecule has 0 bridgehead atoms. The van der Waals surface area contributed by atoms with Crippen molar-refractivity contribution in [2.75, 3.05) is 9.80 Å². The minimum absolute atomic E-state index is 0.841. The molecule has 6 heteroatoms. The van der Waals surface area contributed by atoms with E-state index in [1.807, 2.05) is 0 Å². The first kappa shape index (κ1) is 43.3. The van der Waals surface area contributed by atoms with E-state index in [4.69, 9.17) is 9.40 Å². The number of rotatable bonds is 7. The minimum Gasteiger partial charge on any atom is -0.456 e. The average Bonchev–Trinajstić information content (AvgIpc) is 3.86. The molecule has 0 radical (unpaired) electrons. The van der Waals surface area contributed by atoms with Crippen LogP contribution in [0.4, 0.5) is 34.3 Å². The molecule has 75 heavy (non-hydrogen) atoms. The Morgan fingerprint density at radius 3 is 1.17 bits per heavy atom. The second-order valence-corrected chi connectivity index (χ2v) is 27.2. The van der Waals surface area contributed by atoms with E-state index in [-0.39, 0.29) is 0 Å². The SMILES string of the molecule is c1ccc([Si]2(c3ccccc3)c3ccccc3N(c3ccc4oc5ccc(-c6cc7ccccc7c(N7c8ccccc8[Si](c8ccccc8)(c8ccccc8)c8ccccc87)n6)cc5c4c3)c3ccccc32)cc1. The normalized spacial score (nSPS) is 14.0. The molecule has 0 amide bonds. The van der Waals surface area contributed by atoms with E-state index in [1.54, 1.807) is 0 Å². The zero-order chi connectivity index (χ0) is 49.5. The smallest absolute Gasteiger partial charge is 0.184 e. The van der Waals surface area contributed by atoms with Crippen molar-refractivity contribution in [2.45, 2.75) is 0 Å². The third kappa shape index (κ3) is 6.37. The van der Waals surface area contributed by atoms with Gasteiger partial charge in [0.15, 0.2) is 16.1 Å². The maximum absolute atomic E-state index is 6.70. The summed E-state index contributed by atoms with van der Waals surface area (Å²) in [6.45, 7) is 0. The first-order valence-electron chi connectivity index (χ1n) is 25.8. The summed E-state index contributed by atoms with van der Waals surface area (Å²) in [6, 6.07) is 105. The van der Waals surface area contributed by atoms with Gasteiger partial charge in [0.2, 0.25) is 0 Å². The maximum atomic E-state index is 6.70. The number of benzene rings is 11. The van der Waals surface area contributed by atoms with Crippen LogP contribution in [0.2, 0.25) is 0 Å². The molecule has 15 rings (SSSR count). The lowest BCUT2D eigenvalue weighted by Crippen LogP contribution is -2.77. The number of furan rings is 1. The molecule has 2 aromatic heterocycles. The number of anilines is 6. The largest absolute Gasteiger partial charge is 0.456 e. The van der Waals surface area contributed by atoms with Gasteiger partial charge in [-0.2, -0.15) is 0 Å². The molecule has 0 spiro atoms. The van der Waals surface area contributed by atoms with Crippen molar-refractivity contribution in [3.8, 4) is 11.3 Å². The summed E-state index contributed by atoms with van der Waals surface area (Å²) in [5, 5.41) is 15.2. The second kappa shape index (κ2) is 17.1. The van der Waals surface area contributed by atoms with Gasteiger partial charge >= 0.3 is 0 Å². The lowest BCUT2D eigenvalue weighted by Gasteiger charge is -2.45. The van der Waals surface area contributed by atoms with Gasteiger partial charge in [0.1, 0.15) is 17.0 Å². The Hall–Kier alpha value is -9.34. The number of para-hydroxylation sites is 4. The third-order valence-electron chi connectivity index (χ3n) is 16.0. The Bertz CT molecular complexity index is 4150. The van der Waals surface area contributed by atoms with E-state index in [0.29, 0.717) is 0 Å². The molecule has 4 nitrogen and oxygen atoms in total. The van der Waals surface area contributed by atoms with Gasteiger partial charge in [-0.25, -0.2) is 4.98 Å². The van der Waals surface area contributed by atoms with Crippen LogP contribution < -0.4 is 51.3 Å². The predicted octanol–water partition coefficient (Wildman–Crippen LogP) is 12.1. The molecule has 0 unspecified atom stereocenters. The number of aromatic nitrogens is 1. The highest BCUT2D eigenvalue weighted by molar-refractivity contribution is 7.22. The minimum atomic E-state index is -2.82. The number of pyridine rings is 1. The van der Waals surface area contributed by atoms with Crippen molar-refractivity contribution in [1.82, 2.24) is 4.98 Å². The average molecular weight is 990 g/mol. The van der Waals surface area contributed by atoms with Crippen LogP contribution in [-0.2, 0) is 0 Å². The van der Waals surface area contributed by atoms with Crippen LogP contribution in [0.15, 0.2) is 290 Å². The lowest BCUT2D eigenvalue weighted by molar-refractivity contribution is 0.669. The zero-order valence-corrected chi connectivity index (χ0v) is 42.9. The fraction of sp³-hybridized carbons (Fsp3) is 0. The highest BCUT2D eigenvalue weighted by Gasteiger charge is 2.50. The van der Waals surface area contributed by atoms with E-state index in [0.717, 1.165) is 66.8 Å². The topological polar surface area (TPSA) is 32.5 Å². The Morgan fingerprint density at radius 1 is 0.307 bits per heavy atom. The molecule has 0 N–H and O–H groups in total. The Kier molecular flexibility index (Phi) is 9.89. The van der Waals surface area contributed by atoms with Crippen molar-refractivity contribution in [3.05, 3.63) is 285 Å². The Balaban J connectivity index is 0.905. The number of hydrogen-bond acceptors (Lipinski definition) is 4. The summed E-state index contributed by atoms with van der Waals surface area (Å²) in [4.78, 5) is 10.7. The van der Waals surface area contributed by atoms with Gasteiger partial charge in [-0.05, 0) is 114 Å². The standard InChI is InChI=1S/C69H47N3OSi2/c1-5-24-51(25-6-1)74(52-26-7-2-8-27-52)65-37-19-15-33-59(65)71(60-34-16-20-38-66(60)74)50-42-44-64-57(47-50)56-45-49(41-43-63(56)73-64)58-46-48-23-13-14-32-55(48)69(70-58)72-61-35-17-21-39-67(61)75(53-28-9-3-10-29-53,54-30-11-4-12-31-54)68-40-22-18-36-62(68)72/h1-47H. The van der Waals surface area contributed by atoms with Crippen molar-refractivity contribution < 1.29 is 4.42 Å². The van der Waals surface area contributed by atoms with Crippen molar-refractivity contribution in [3.63, 3.8) is 0 Å². The van der Waals surface area contributed by atoms with E-state index in [2.05, 4.69) is 295 Å². The van der Waals surface area contributed by atoms with Crippen LogP contribution in [0.5, 0.6) is 0 Å². The van der Waals surface area contributed by atoms with Crippen molar-refractivity contribution in [2.24, 2.45) is 0 Å². The van der Waals surface area contributed by atoms with Gasteiger partial charge in [-0.3, -0.25) is 4.90 Å². The molecule has 13 aromatic rings. The van der Waals surface area contributed by atoms with Gasteiger partial charge in [0.05, 0.1) is 5.69 Å². The van der Waals surface area contributed by atoms with E-state index >= 15 is 0 Å². The number of hydrogen-bond donors (Lipinski definition) is 0. The highest BCUT2D eigenvalue weighted by Crippen LogP contribution is 2.44. The molecule has 352 valence electrons. The van der Waals surface area contributed by atoms with Gasteiger partial charge < -0.3 is 9.32 Å².